The Bertz CT molecular complexity index is 419. The smallest absolute Gasteiger partial charge is 0.385 e. The van der Waals surface area contributed by atoms with Crippen LogP contribution in [0.1, 0.15) is 12.0 Å². The molecular weight excluding hydrogens is 237 g/mol. The summed E-state index contributed by atoms with van der Waals surface area (Å²) in [5.41, 5.74) is 0.802. The maximum Gasteiger partial charge on any atom is 0.390 e. The van der Waals surface area contributed by atoms with Crippen molar-refractivity contribution in [3.05, 3.63) is 33.9 Å². The summed E-state index contributed by atoms with van der Waals surface area (Å²) in [5, 5.41) is 13.1. The molecule has 0 aliphatic carbocycles. The van der Waals surface area contributed by atoms with Gasteiger partial charge in [-0.15, -0.1) is 0 Å². The number of anilines is 1. The predicted molar refractivity (Wildman–Crippen MR) is 57.0 cm³/mol. The molecule has 94 valence electrons. The van der Waals surface area contributed by atoms with Gasteiger partial charge in [0.05, 0.1) is 11.3 Å². The van der Waals surface area contributed by atoms with Crippen LogP contribution in [0, 0.1) is 17.0 Å². The van der Waals surface area contributed by atoms with E-state index in [4.69, 9.17) is 0 Å². The standard InChI is InChI=1S/C10H11F3N2O2/c1-7-6-8(2-3-9(7)15(16)17)14-5-4-10(11,12)13/h2-3,6,14H,4-5H2,1H3. The fraction of sp³-hybridized carbons (Fsp3) is 0.400. The zero-order valence-electron chi connectivity index (χ0n) is 9.04. The zero-order valence-corrected chi connectivity index (χ0v) is 9.04. The highest BCUT2D eigenvalue weighted by Gasteiger charge is 2.26. The van der Waals surface area contributed by atoms with E-state index in [1.54, 1.807) is 0 Å². The largest absolute Gasteiger partial charge is 0.390 e. The van der Waals surface area contributed by atoms with E-state index >= 15 is 0 Å². The summed E-state index contributed by atoms with van der Waals surface area (Å²) in [6, 6.07) is 4.11. The maximum atomic E-state index is 11.9. The highest BCUT2D eigenvalue weighted by Crippen LogP contribution is 2.23. The van der Waals surface area contributed by atoms with Crippen LogP contribution in [0.2, 0.25) is 0 Å². The van der Waals surface area contributed by atoms with Crippen molar-refractivity contribution < 1.29 is 18.1 Å². The first-order chi connectivity index (χ1) is 7.79. The molecule has 7 heteroatoms. The molecule has 1 N–H and O–H groups in total. The summed E-state index contributed by atoms with van der Waals surface area (Å²) in [7, 11) is 0. The van der Waals surface area contributed by atoms with E-state index in [-0.39, 0.29) is 12.2 Å². The van der Waals surface area contributed by atoms with Crippen molar-refractivity contribution in [2.45, 2.75) is 19.5 Å². The van der Waals surface area contributed by atoms with Gasteiger partial charge in [-0.05, 0) is 19.1 Å². The molecule has 4 nitrogen and oxygen atoms in total. The Morgan fingerprint density at radius 1 is 1.41 bits per heavy atom. The van der Waals surface area contributed by atoms with Gasteiger partial charge >= 0.3 is 6.18 Å². The normalized spacial score (nSPS) is 11.3. The summed E-state index contributed by atoms with van der Waals surface area (Å²) in [5.74, 6) is 0. The molecule has 0 atom stereocenters. The summed E-state index contributed by atoms with van der Waals surface area (Å²) >= 11 is 0. The topological polar surface area (TPSA) is 55.2 Å². The molecule has 17 heavy (non-hydrogen) atoms. The number of alkyl halides is 3. The third-order valence-electron chi connectivity index (χ3n) is 2.13. The molecule has 0 aromatic heterocycles. The summed E-state index contributed by atoms with van der Waals surface area (Å²) in [6.45, 7) is 1.29. The molecule has 0 bridgehead atoms. The van der Waals surface area contributed by atoms with Gasteiger partial charge < -0.3 is 5.32 Å². The third-order valence-corrected chi connectivity index (χ3v) is 2.13. The lowest BCUT2D eigenvalue weighted by atomic mass is 10.2. The summed E-state index contributed by atoms with van der Waals surface area (Å²) in [4.78, 5) is 9.98. The number of nitrogens with one attached hydrogen (secondary N) is 1. The minimum absolute atomic E-state index is 0.0497. The van der Waals surface area contributed by atoms with Crippen LogP contribution in [0.25, 0.3) is 0 Å². The zero-order chi connectivity index (χ0) is 13.1. The van der Waals surface area contributed by atoms with Gasteiger partial charge in [0.25, 0.3) is 5.69 Å². The van der Waals surface area contributed by atoms with Crippen LogP contribution in [0.4, 0.5) is 24.5 Å². The van der Waals surface area contributed by atoms with Crippen LogP contribution in [0.5, 0.6) is 0 Å². The first-order valence-electron chi connectivity index (χ1n) is 4.85. The van der Waals surface area contributed by atoms with Gasteiger partial charge in [0.1, 0.15) is 0 Å². The molecule has 1 rings (SSSR count). The first kappa shape index (κ1) is 13.3. The average molecular weight is 248 g/mol. The minimum Gasteiger partial charge on any atom is -0.385 e. The molecule has 1 aromatic carbocycles. The van der Waals surface area contributed by atoms with Crippen molar-refractivity contribution in [3.8, 4) is 0 Å². The number of aryl methyl sites for hydroxylation is 1. The third kappa shape index (κ3) is 4.29. The molecular formula is C10H11F3N2O2. The van der Waals surface area contributed by atoms with Crippen LogP contribution in [0.15, 0.2) is 18.2 Å². The van der Waals surface area contributed by atoms with E-state index in [9.17, 15) is 23.3 Å². The van der Waals surface area contributed by atoms with E-state index in [1.807, 2.05) is 0 Å². The molecule has 0 fully saturated rings. The summed E-state index contributed by atoms with van der Waals surface area (Å²) < 4.78 is 35.6. The van der Waals surface area contributed by atoms with Crippen LogP contribution in [-0.4, -0.2) is 17.6 Å². The fourth-order valence-electron chi connectivity index (χ4n) is 1.32. The van der Waals surface area contributed by atoms with Crippen molar-refractivity contribution in [2.75, 3.05) is 11.9 Å². The maximum absolute atomic E-state index is 11.9. The SMILES string of the molecule is Cc1cc(NCCC(F)(F)F)ccc1[N+](=O)[O-]. The Morgan fingerprint density at radius 2 is 2.06 bits per heavy atom. The van der Waals surface area contributed by atoms with Crippen LogP contribution < -0.4 is 5.32 Å². The minimum atomic E-state index is -4.21. The van der Waals surface area contributed by atoms with Gasteiger partial charge in [0.15, 0.2) is 0 Å². The van der Waals surface area contributed by atoms with E-state index in [1.165, 1.54) is 25.1 Å². The molecule has 0 unspecified atom stereocenters. The van der Waals surface area contributed by atoms with Crippen LogP contribution >= 0.6 is 0 Å². The molecule has 0 aliphatic heterocycles. The fourth-order valence-corrected chi connectivity index (χ4v) is 1.32. The van der Waals surface area contributed by atoms with Crippen molar-refractivity contribution in [1.29, 1.82) is 0 Å². The lowest BCUT2D eigenvalue weighted by Crippen LogP contribution is -2.14. The molecule has 0 spiro atoms. The highest BCUT2D eigenvalue weighted by molar-refractivity contribution is 5.53. The Kier molecular flexibility index (Phi) is 3.93. The van der Waals surface area contributed by atoms with E-state index in [0.29, 0.717) is 11.3 Å². The number of benzene rings is 1. The quantitative estimate of drug-likeness (QED) is 0.657. The van der Waals surface area contributed by atoms with Crippen molar-refractivity contribution in [2.24, 2.45) is 0 Å². The molecule has 0 aliphatic rings. The van der Waals surface area contributed by atoms with Gasteiger partial charge in [-0.1, -0.05) is 0 Å². The number of hydrogen-bond acceptors (Lipinski definition) is 3. The van der Waals surface area contributed by atoms with Gasteiger partial charge in [-0.25, -0.2) is 0 Å². The summed E-state index contributed by atoms with van der Waals surface area (Å²) in [6.07, 6.45) is -5.15. The Balaban J connectivity index is 2.62. The van der Waals surface area contributed by atoms with Crippen molar-refractivity contribution in [3.63, 3.8) is 0 Å². The van der Waals surface area contributed by atoms with Gasteiger partial charge in [-0.2, -0.15) is 13.2 Å². The van der Waals surface area contributed by atoms with Gasteiger partial charge in [-0.3, -0.25) is 10.1 Å². The molecule has 0 saturated heterocycles. The lowest BCUT2D eigenvalue weighted by molar-refractivity contribution is -0.385. The second-order valence-electron chi connectivity index (χ2n) is 3.55. The predicted octanol–water partition coefficient (Wildman–Crippen LogP) is 3.27. The number of nitrogens with zero attached hydrogens (tertiary/aromatic N) is 1. The second kappa shape index (κ2) is 5.03. The number of hydrogen-bond donors (Lipinski definition) is 1. The van der Waals surface area contributed by atoms with E-state index < -0.39 is 17.5 Å². The Labute approximate surface area is 95.6 Å². The van der Waals surface area contributed by atoms with Crippen LogP contribution in [0.3, 0.4) is 0 Å². The Hall–Kier alpha value is -1.79. The number of nitro benzene ring substituents is 1. The van der Waals surface area contributed by atoms with E-state index in [0.717, 1.165) is 0 Å². The Morgan fingerprint density at radius 3 is 2.53 bits per heavy atom. The molecule has 0 saturated carbocycles. The second-order valence-corrected chi connectivity index (χ2v) is 3.55. The number of nitro groups is 1. The molecule has 0 radical (unpaired) electrons. The van der Waals surface area contributed by atoms with Crippen molar-refractivity contribution in [1.82, 2.24) is 0 Å². The molecule has 0 heterocycles. The average Bonchev–Trinajstić information content (AvgIpc) is 2.15. The number of rotatable bonds is 4. The molecule has 1 aromatic rings. The lowest BCUT2D eigenvalue weighted by Gasteiger charge is -2.09. The van der Waals surface area contributed by atoms with E-state index in [2.05, 4.69) is 5.32 Å². The number of halogens is 3. The first-order valence-corrected chi connectivity index (χ1v) is 4.85. The van der Waals surface area contributed by atoms with Gasteiger partial charge in [0.2, 0.25) is 0 Å². The van der Waals surface area contributed by atoms with Crippen LogP contribution in [-0.2, 0) is 0 Å². The van der Waals surface area contributed by atoms with Gasteiger partial charge in [0, 0.05) is 23.9 Å². The highest BCUT2D eigenvalue weighted by atomic mass is 19.4. The monoisotopic (exact) mass is 248 g/mol. The molecule has 0 amide bonds. The van der Waals surface area contributed by atoms with Crippen molar-refractivity contribution >= 4 is 11.4 Å².